The average Bonchev–Trinajstić information content (AvgIpc) is 2.54. The van der Waals surface area contributed by atoms with E-state index in [0.29, 0.717) is 0 Å². The van der Waals surface area contributed by atoms with Crippen LogP contribution >= 0.6 is 0 Å². The van der Waals surface area contributed by atoms with E-state index >= 15 is 0 Å². The summed E-state index contributed by atoms with van der Waals surface area (Å²) in [5.74, 6) is 1.66. The van der Waals surface area contributed by atoms with Gasteiger partial charge in [-0.25, -0.2) is 9.97 Å². The van der Waals surface area contributed by atoms with E-state index in [1.54, 1.807) is 0 Å². The molecule has 1 aromatic heterocycles. The third kappa shape index (κ3) is 2.29. The number of aromatic nitrogens is 2. The zero-order valence-corrected chi connectivity index (χ0v) is 8.88. The summed E-state index contributed by atoms with van der Waals surface area (Å²) in [6, 6.07) is 2.10. The van der Waals surface area contributed by atoms with Crippen molar-refractivity contribution in [2.75, 3.05) is 13.1 Å². The molecule has 2 heterocycles. The molecular formula is C11H17N3. The van der Waals surface area contributed by atoms with Gasteiger partial charge < -0.3 is 5.32 Å². The fourth-order valence-electron chi connectivity index (χ4n) is 2.08. The van der Waals surface area contributed by atoms with E-state index in [1.165, 1.54) is 12.1 Å². The van der Waals surface area contributed by atoms with E-state index in [2.05, 4.69) is 21.4 Å². The van der Waals surface area contributed by atoms with Gasteiger partial charge in [0, 0.05) is 11.4 Å². The van der Waals surface area contributed by atoms with Gasteiger partial charge in [0.15, 0.2) is 0 Å². The number of nitrogens with one attached hydrogen (secondary N) is 1. The summed E-state index contributed by atoms with van der Waals surface area (Å²) in [6.45, 7) is 6.30. The van der Waals surface area contributed by atoms with Crippen LogP contribution in [0.5, 0.6) is 0 Å². The van der Waals surface area contributed by atoms with Crippen molar-refractivity contribution < 1.29 is 0 Å². The second-order valence-electron chi connectivity index (χ2n) is 4.11. The van der Waals surface area contributed by atoms with Gasteiger partial charge in [0.2, 0.25) is 0 Å². The van der Waals surface area contributed by atoms with Gasteiger partial charge in [0.05, 0.1) is 0 Å². The summed E-state index contributed by atoms with van der Waals surface area (Å²) in [5, 5.41) is 3.38. The van der Waals surface area contributed by atoms with Gasteiger partial charge in [-0.15, -0.1) is 0 Å². The number of hydrogen-bond donors (Lipinski definition) is 1. The molecule has 0 saturated carbocycles. The van der Waals surface area contributed by atoms with Gasteiger partial charge in [0.25, 0.3) is 0 Å². The van der Waals surface area contributed by atoms with E-state index in [0.717, 1.165) is 36.9 Å². The van der Waals surface area contributed by atoms with Crippen molar-refractivity contribution >= 4 is 0 Å². The summed E-state index contributed by atoms with van der Waals surface area (Å²) < 4.78 is 0. The SMILES string of the molecule is Cc1cc(C[C@@H]2CCNC2)nc(C)n1. The summed E-state index contributed by atoms with van der Waals surface area (Å²) in [5.41, 5.74) is 2.28. The lowest BCUT2D eigenvalue weighted by Gasteiger charge is -2.08. The second-order valence-corrected chi connectivity index (χ2v) is 4.11. The highest BCUT2D eigenvalue weighted by atomic mass is 14.9. The highest BCUT2D eigenvalue weighted by molar-refractivity contribution is 5.10. The summed E-state index contributed by atoms with van der Waals surface area (Å²) in [7, 11) is 0. The minimum absolute atomic E-state index is 0.767. The van der Waals surface area contributed by atoms with Gasteiger partial charge in [0.1, 0.15) is 5.82 Å². The van der Waals surface area contributed by atoms with Crippen LogP contribution in [0, 0.1) is 19.8 Å². The molecule has 0 spiro atoms. The second kappa shape index (κ2) is 4.05. The van der Waals surface area contributed by atoms with Gasteiger partial charge in [-0.05, 0) is 51.8 Å². The molecule has 1 aliphatic rings. The van der Waals surface area contributed by atoms with Crippen LogP contribution in [0.4, 0.5) is 0 Å². The van der Waals surface area contributed by atoms with E-state index in [-0.39, 0.29) is 0 Å². The minimum Gasteiger partial charge on any atom is -0.316 e. The maximum Gasteiger partial charge on any atom is 0.125 e. The number of rotatable bonds is 2. The van der Waals surface area contributed by atoms with Gasteiger partial charge in [-0.1, -0.05) is 0 Å². The lowest BCUT2D eigenvalue weighted by atomic mass is 10.0. The molecule has 1 aromatic rings. The van der Waals surface area contributed by atoms with Crippen LogP contribution in [0.1, 0.15) is 23.6 Å². The number of hydrogen-bond acceptors (Lipinski definition) is 3. The molecule has 1 fully saturated rings. The molecule has 1 atom stereocenters. The van der Waals surface area contributed by atoms with Crippen LogP contribution in [-0.4, -0.2) is 23.1 Å². The predicted octanol–water partition coefficient (Wildman–Crippen LogP) is 1.25. The van der Waals surface area contributed by atoms with Crippen LogP contribution in [0.25, 0.3) is 0 Å². The lowest BCUT2D eigenvalue weighted by Crippen LogP contribution is -2.12. The van der Waals surface area contributed by atoms with E-state index in [4.69, 9.17) is 0 Å². The Hall–Kier alpha value is -0.960. The Kier molecular flexibility index (Phi) is 2.77. The molecule has 1 aliphatic heterocycles. The first kappa shape index (κ1) is 9.59. The van der Waals surface area contributed by atoms with Crippen LogP contribution in [0.2, 0.25) is 0 Å². The molecule has 2 rings (SSSR count). The largest absolute Gasteiger partial charge is 0.316 e. The Labute approximate surface area is 85.0 Å². The smallest absolute Gasteiger partial charge is 0.125 e. The Morgan fingerprint density at radius 1 is 1.43 bits per heavy atom. The molecule has 0 unspecified atom stereocenters. The molecular weight excluding hydrogens is 174 g/mol. The fraction of sp³-hybridized carbons (Fsp3) is 0.636. The first-order chi connectivity index (χ1) is 6.74. The van der Waals surface area contributed by atoms with E-state index < -0.39 is 0 Å². The molecule has 0 radical (unpaired) electrons. The first-order valence-electron chi connectivity index (χ1n) is 5.26. The summed E-state index contributed by atoms with van der Waals surface area (Å²) in [4.78, 5) is 8.74. The van der Waals surface area contributed by atoms with Crippen molar-refractivity contribution in [3.8, 4) is 0 Å². The van der Waals surface area contributed by atoms with Crippen molar-refractivity contribution in [3.63, 3.8) is 0 Å². The predicted molar refractivity (Wildman–Crippen MR) is 56.2 cm³/mol. The van der Waals surface area contributed by atoms with Crippen molar-refractivity contribution in [1.82, 2.24) is 15.3 Å². The number of aryl methyl sites for hydroxylation is 2. The van der Waals surface area contributed by atoms with Crippen molar-refractivity contribution in [3.05, 3.63) is 23.3 Å². The molecule has 0 aliphatic carbocycles. The van der Waals surface area contributed by atoms with Crippen LogP contribution in [0.15, 0.2) is 6.07 Å². The molecule has 3 heteroatoms. The Bertz CT molecular complexity index is 296. The maximum absolute atomic E-state index is 4.46. The molecule has 0 aromatic carbocycles. The van der Waals surface area contributed by atoms with Crippen molar-refractivity contribution in [2.24, 2.45) is 5.92 Å². The zero-order chi connectivity index (χ0) is 9.97. The topological polar surface area (TPSA) is 37.8 Å². The first-order valence-corrected chi connectivity index (χ1v) is 5.26. The highest BCUT2D eigenvalue weighted by Crippen LogP contribution is 2.14. The molecule has 1 saturated heterocycles. The fourth-order valence-corrected chi connectivity index (χ4v) is 2.08. The molecule has 1 N–H and O–H groups in total. The third-order valence-corrected chi connectivity index (χ3v) is 2.68. The quantitative estimate of drug-likeness (QED) is 0.764. The molecule has 14 heavy (non-hydrogen) atoms. The molecule has 3 nitrogen and oxygen atoms in total. The summed E-state index contributed by atoms with van der Waals surface area (Å²) in [6.07, 6.45) is 2.37. The van der Waals surface area contributed by atoms with E-state index in [1.807, 2.05) is 13.8 Å². The van der Waals surface area contributed by atoms with Crippen molar-refractivity contribution in [1.29, 1.82) is 0 Å². The third-order valence-electron chi connectivity index (χ3n) is 2.68. The lowest BCUT2D eigenvalue weighted by molar-refractivity contribution is 0.569. The van der Waals surface area contributed by atoms with E-state index in [9.17, 15) is 0 Å². The molecule has 76 valence electrons. The number of nitrogens with zero attached hydrogens (tertiary/aromatic N) is 2. The monoisotopic (exact) mass is 191 g/mol. The Morgan fingerprint density at radius 3 is 2.93 bits per heavy atom. The average molecular weight is 191 g/mol. The maximum atomic E-state index is 4.46. The standard InChI is InChI=1S/C11H17N3/c1-8-5-11(14-9(2)13-8)6-10-3-4-12-7-10/h5,10,12H,3-4,6-7H2,1-2H3/t10-/m0/s1. The molecule has 0 bridgehead atoms. The van der Waals surface area contributed by atoms with Gasteiger partial charge >= 0.3 is 0 Å². The van der Waals surface area contributed by atoms with Crippen molar-refractivity contribution in [2.45, 2.75) is 26.7 Å². The Balaban J connectivity index is 2.07. The van der Waals surface area contributed by atoms with Crippen LogP contribution in [0.3, 0.4) is 0 Å². The zero-order valence-electron chi connectivity index (χ0n) is 8.88. The van der Waals surface area contributed by atoms with Crippen LogP contribution < -0.4 is 5.32 Å². The minimum atomic E-state index is 0.767. The van der Waals surface area contributed by atoms with Gasteiger partial charge in [-0.3, -0.25) is 0 Å². The van der Waals surface area contributed by atoms with Crippen LogP contribution in [-0.2, 0) is 6.42 Å². The highest BCUT2D eigenvalue weighted by Gasteiger charge is 2.15. The summed E-state index contributed by atoms with van der Waals surface area (Å²) >= 11 is 0. The normalized spacial score (nSPS) is 21.4. The molecule has 0 amide bonds. The van der Waals surface area contributed by atoms with Gasteiger partial charge in [-0.2, -0.15) is 0 Å². The Morgan fingerprint density at radius 2 is 2.29 bits per heavy atom.